The Morgan fingerprint density at radius 2 is 1.67 bits per heavy atom. The van der Waals surface area contributed by atoms with Crippen LogP contribution in [0.5, 0.6) is 11.5 Å². The lowest BCUT2D eigenvalue weighted by molar-refractivity contribution is 0.354. The summed E-state index contributed by atoms with van der Waals surface area (Å²) in [4.78, 5) is 0. The number of hydrogen-bond donors (Lipinski definition) is 1. The summed E-state index contributed by atoms with van der Waals surface area (Å²) in [6, 6.07) is 24.0. The van der Waals surface area contributed by atoms with Crippen molar-refractivity contribution in [3.05, 3.63) is 83.4 Å². The number of anilines is 1. The number of para-hydroxylation sites is 1. The predicted octanol–water partition coefficient (Wildman–Crippen LogP) is 5.86. The molecule has 5 nitrogen and oxygen atoms in total. The number of nitrogens with one attached hydrogen (secondary N) is 1. The lowest BCUT2D eigenvalue weighted by Gasteiger charge is -2.29. The number of methoxy groups -OCH3 is 2. The van der Waals surface area contributed by atoms with Crippen LogP contribution in [-0.2, 0) is 0 Å². The number of benzene rings is 3. The highest BCUT2D eigenvalue weighted by Gasteiger charge is 2.27. The first-order chi connectivity index (χ1) is 14.7. The van der Waals surface area contributed by atoms with Gasteiger partial charge in [0.15, 0.2) is 11.5 Å². The van der Waals surface area contributed by atoms with E-state index in [9.17, 15) is 0 Å². The maximum absolute atomic E-state index is 6.07. The van der Waals surface area contributed by atoms with E-state index in [4.69, 9.17) is 26.2 Å². The smallest absolute Gasteiger partial charge is 0.161 e. The van der Waals surface area contributed by atoms with E-state index >= 15 is 0 Å². The minimum atomic E-state index is -0.184. The molecule has 0 saturated carbocycles. The number of ether oxygens (including phenoxy) is 2. The molecule has 6 heteroatoms. The molecule has 0 bridgehead atoms. The first kappa shape index (κ1) is 18.6. The molecule has 1 unspecified atom stereocenters. The molecule has 4 aromatic rings. The fraction of sp³-hybridized carbons (Fsp3) is 0.125. The van der Waals surface area contributed by atoms with Gasteiger partial charge in [0.2, 0.25) is 0 Å². The van der Waals surface area contributed by atoms with Crippen LogP contribution in [0.15, 0.2) is 72.8 Å². The van der Waals surface area contributed by atoms with Crippen LogP contribution < -0.4 is 14.8 Å². The topological polar surface area (TPSA) is 48.3 Å². The third-order valence-electron chi connectivity index (χ3n) is 5.34. The van der Waals surface area contributed by atoms with Crippen LogP contribution in [0.1, 0.15) is 11.7 Å². The van der Waals surface area contributed by atoms with E-state index in [2.05, 4.69) is 23.5 Å². The Balaban J connectivity index is 1.66. The van der Waals surface area contributed by atoms with Crippen molar-refractivity contribution in [2.45, 2.75) is 6.17 Å². The van der Waals surface area contributed by atoms with Gasteiger partial charge in [-0.05, 0) is 36.4 Å². The first-order valence-corrected chi connectivity index (χ1v) is 9.99. The van der Waals surface area contributed by atoms with Crippen molar-refractivity contribution in [2.75, 3.05) is 19.5 Å². The second kappa shape index (κ2) is 7.43. The zero-order chi connectivity index (χ0) is 20.7. The minimum Gasteiger partial charge on any atom is -0.493 e. The fourth-order valence-corrected chi connectivity index (χ4v) is 3.97. The van der Waals surface area contributed by atoms with Crippen molar-refractivity contribution >= 4 is 17.3 Å². The van der Waals surface area contributed by atoms with Crippen molar-refractivity contribution in [3.8, 4) is 34.0 Å². The van der Waals surface area contributed by atoms with Gasteiger partial charge in [0.25, 0.3) is 0 Å². The summed E-state index contributed by atoms with van der Waals surface area (Å²) >= 11 is 6.07. The zero-order valence-electron chi connectivity index (χ0n) is 16.6. The summed E-state index contributed by atoms with van der Waals surface area (Å²) in [6.45, 7) is 0. The van der Waals surface area contributed by atoms with Crippen LogP contribution in [-0.4, -0.2) is 24.0 Å². The Bertz CT molecular complexity index is 1220. The zero-order valence-corrected chi connectivity index (χ0v) is 17.4. The second-order valence-electron chi connectivity index (χ2n) is 7.07. The van der Waals surface area contributed by atoms with Gasteiger partial charge >= 0.3 is 0 Å². The van der Waals surface area contributed by atoms with Crippen LogP contribution in [0.4, 0.5) is 5.69 Å². The van der Waals surface area contributed by atoms with Crippen LogP contribution in [0.25, 0.3) is 22.5 Å². The third-order valence-corrected chi connectivity index (χ3v) is 5.59. The molecule has 0 saturated heterocycles. The highest BCUT2D eigenvalue weighted by atomic mass is 35.5. The summed E-state index contributed by atoms with van der Waals surface area (Å²) in [6.07, 6.45) is -0.184. The molecule has 1 aliphatic heterocycles. The van der Waals surface area contributed by atoms with Gasteiger partial charge in [-0.2, -0.15) is 5.10 Å². The highest BCUT2D eigenvalue weighted by molar-refractivity contribution is 6.30. The number of nitrogens with zero attached hydrogens (tertiary/aromatic N) is 2. The Hall–Kier alpha value is -3.44. The van der Waals surface area contributed by atoms with E-state index in [1.165, 1.54) is 0 Å². The van der Waals surface area contributed by atoms with E-state index in [0.717, 1.165) is 33.8 Å². The Kier molecular flexibility index (Phi) is 4.60. The van der Waals surface area contributed by atoms with Crippen LogP contribution in [0, 0.1) is 0 Å². The monoisotopic (exact) mass is 417 g/mol. The molecule has 1 atom stereocenters. The molecule has 0 spiro atoms. The molecule has 0 amide bonds. The molecule has 1 aliphatic rings. The number of aromatic nitrogens is 2. The van der Waals surface area contributed by atoms with Gasteiger partial charge in [0.05, 0.1) is 25.6 Å². The molecule has 1 aromatic heterocycles. The molecule has 5 rings (SSSR count). The summed E-state index contributed by atoms with van der Waals surface area (Å²) in [7, 11) is 3.28. The molecule has 0 aliphatic carbocycles. The van der Waals surface area contributed by atoms with E-state index in [1.807, 2.05) is 59.3 Å². The predicted molar refractivity (Wildman–Crippen MR) is 119 cm³/mol. The molecular weight excluding hydrogens is 398 g/mol. The highest BCUT2D eigenvalue weighted by Crippen LogP contribution is 2.41. The molecular formula is C24H20ClN3O2. The summed E-state index contributed by atoms with van der Waals surface area (Å²) in [5.74, 6) is 1.38. The van der Waals surface area contributed by atoms with Gasteiger partial charge in [-0.1, -0.05) is 48.0 Å². The molecule has 2 heterocycles. The van der Waals surface area contributed by atoms with Gasteiger partial charge in [-0.25, -0.2) is 4.68 Å². The summed E-state index contributed by atoms with van der Waals surface area (Å²) in [5, 5.41) is 9.27. The Labute approximate surface area is 179 Å². The fourth-order valence-electron chi connectivity index (χ4n) is 3.84. The van der Waals surface area contributed by atoms with Gasteiger partial charge in [0, 0.05) is 27.4 Å². The molecule has 1 N–H and O–H groups in total. The van der Waals surface area contributed by atoms with Crippen LogP contribution in [0.2, 0.25) is 5.02 Å². The van der Waals surface area contributed by atoms with E-state index in [-0.39, 0.29) is 6.17 Å². The van der Waals surface area contributed by atoms with Crippen molar-refractivity contribution < 1.29 is 9.47 Å². The maximum atomic E-state index is 6.07. The van der Waals surface area contributed by atoms with E-state index < -0.39 is 0 Å². The van der Waals surface area contributed by atoms with Crippen LogP contribution in [0.3, 0.4) is 0 Å². The normalized spacial score (nSPS) is 14.4. The largest absolute Gasteiger partial charge is 0.493 e. The summed E-state index contributed by atoms with van der Waals surface area (Å²) in [5.41, 5.74) is 6.16. The van der Waals surface area contributed by atoms with Gasteiger partial charge in [-0.15, -0.1) is 0 Å². The first-order valence-electron chi connectivity index (χ1n) is 9.61. The average molecular weight is 418 g/mol. The quantitative estimate of drug-likeness (QED) is 0.451. The van der Waals surface area contributed by atoms with Gasteiger partial charge < -0.3 is 14.8 Å². The van der Waals surface area contributed by atoms with Gasteiger partial charge in [0.1, 0.15) is 6.17 Å². The number of fused-ring (bicyclic) bond motifs is 3. The SMILES string of the molecule is COc1ccc(C2Nc3ccccc3-c3cc(-c4ccc(Cl)cc4)nn32)cc1OC. The Morgan fingerprint density at radius 3 is 2.43 bits per heavy atom. The number of rotatable bonds is 4. The molecule has 0 radical (unpaired) electrons. The minimum absolute atomic E-state index is 0.184. The van der Waals surface area contributed by atoms with Gasteiger partial charge in [-0.3, -0.25) is 0 Å². The van der Waals surface area contributed by atoms with Crippen LogP contribution >= 0.6 is 11.6 Å². The van der Waals surface area contributed by atoms with E-state index in [0.29, 0.717) is 16.5 Å². The van der Waals surface area contributed by atoms with E-state index in [1.54, 1.807) is 14.2 Å². The van der Waals surface area contributed by atoms with Crippen molar-refractivity contribution in [1.29, 1.82) is 0 Å². The molecule has 3 aromatic carbocycles. The molecule has 150 valence electrons. The second-order valence-corrected chi connectivity index (χ2v) is 7.51. The molecule has 0 fully saturated rings. The lowest BCUT2D eigenvalue weighted by Crippen LogP contribution is -2.25. The van der Waals surface area contributed by atoms with Crippen molar-refractivity contribution in [2.24, 2.45) is 0 Å². The Morgan fingerprint density at radius 1 is 0.900 bits per heavy atom. The standard InChI is InChI=1S/C24H20ClN3O2/c1-29-22-12-9-16(13-23(22)30-2)24-26-19-6-4-3-5-18(19)21-14-20(27-28(21)24)15-7-10-17(25)11-8-15/h3-14,24,26H,1-2H3. The molecule has 30 heavy (non-hydrogen) atoms. The lowest BCUT2D eigenvalue weighted by atomic mass is 10.0. The average Bonchev–Trinajstić information content (AvgIpc) is 3.24. The summed E-state index contributed by atoms with van der Waals surface area (Å²) < 4.78 is 12.9. The third kappa shape index (κ3) is 3.08. The van der Waals surface area contributed by atoms with Crippen molar-refractivity contribution in [1.82, 2.24) is 9.78 Å². The maximum Gasteiger partial charge on any atom is 0.161 e. The van der Waals surface area contributed by atoms with Crippen molar-refractivity contribution in [3.63, 3.8) is 0 Å². The number of halogens is 1. The number of hydrogen-bond acceptors (Lipinski definition) is 4.